The van der Waals surface area contributed by atoms with E-state index in [9.17, 15) is 19.2 Å². The number of rotatable bonds is 6. The third-order valence-corrected chi connectivity index (χ3v) is 5.01. The molecular formula is C20H25N5O5. The number of aromatic nitrogens is 2. The summed E-state index contributed by atoms with van der Waals surface area (Å²) in [5.41, 5.74) is 3.95. The zero-order valence-corrected chi connectivity index (χ0v) is 16.6. The van der Waals surface area contributed by atoms with E-state index in [1.807, 2.05) is 11.9 Å². The third kappa shape index (κ3) is 5.07. The number of nitrogens with two attached hydrogens (primary N) is 1. The molecule has 0 bridgehead atoms. The Morgan fingerprint density at radius 1 is 1.07 bits per heavy atom. The number of carbonyl (C=O) groups excluding carboxylic acids is 2. The van der Waals surface area contributed by atoms with Crippen LogP contribution >= 0.6 is 0 Å². The second-order valence-corrected chi connectivity index (χ2v) is 7.15. The van der Waals surface area contributed by atoms with E-state index in [1.54, 1.807) is 24.3 Å². The first-order chi connectivity index (χ1) is 14.4. The van der Waals surface area contributed by atoms with Gasteiger partial charge in [0.15, 0.2) is 0 Å². The molecule has 2 aromatic rings. The van der Waals surface area contributed by atoms with Gasteiger partial charge in [-0.15, -0.1) is 0 Å². The number of hydrogen-bond donors (Lipinski definition) is 5. The lowest BCUT2D eigenvalue weighted by Gasteiger charge is -2.29. The molecule has 0 radical (unpaired) electrons. The van der Waals surface area contributed by atoms with Crippen molar-refractivity contribution < 1.29 is 14.3 Å². The molecule has 1 aliphatic rings. The Kier molecular flexibility index (Phi) is 6.55. The Balaban J connectivity index is 1.53. The summed E-state index contributed by atoms with van der Waals surface area (Å²) in [5.74, 6) is -0.123. The lowest BCUT2D eigenvalue weighted by atomic mass is 9.91. The fraction of sp³-hybridized carbons (Fsp3) is 0.400. The molecule has 0 spiro atoms. The van der Waals surface area contributed by atoms with Gasteiger partial charge in [-0.05, 0) is 50.8 Å². The van der Waals surface area contributed by atoms with Gasteiger partial charge in [0.05, 0.1) is 6.61 Å². The summed E-state index contributed by atoms with van der Waals surface area (Å²) in [6, 6.07) is 6.86. The molecule has 1 aromatic carbocycles. The highest BCUT2D eigenvalue weighted by molar-refractivity contribution is 5.97. The lowest BCUT2D eigenvalue weighted by Crippen LogP contribution is -2.44. The van der Waals surface area contributed by atoms with Crippen molar-refractivity contribution in [2.24, 2.45) is 0 Å². The number of nitrogen functional groups attached to an aromatic ring is 1. The smallest absolute Gasteiger partial charge is 0.326 e. The molecule has 0 aliphatic heterocycles. The molecule has 160 valence electrons. The van der Waals surface area contributed by atoms with E-state index >= 15 is 0 Å². The van der Waals surface area contributed by atoms with Crippen molar-refractivity contribution in [2.45, 2.75) is 44.7 Å². The van der Waals surface area contributed by atoms with Gasteiger partial charge in [0.2, 0.25) is 0 Å². The van der Waals surface area contributed by atoms with Crippen molar-refractivity contribution in [3.05, 3.63) is 56.4 Å². The maximum absolute atomic E-state index is 12.5. The van der Waals surface area contributed by atoms with E-state index in [4.69, 9.17) is 10.5 Å². The molecule has 1 fully saturated rings. The zero-order valence-electron chi connectivity index (χ0n) is 16.6. The average Bonchev–Trinajstić information content (AvgIpc) is 2.72. The Hall–Kier alpha value is -3.56. The number of amides is 2. The third-order valence-electron chi connectivity index (χ3n) is 5.01. The number of aromatic amines is 2. The Bertz CT molecular complexity index is 1040. The molecular weight excluding hydrogens is 390 g/mol. The number of anilines is 1. The zero-order chi connectivity index (χ0) is 21.7. The van der Waals surface area contributed by atoms with Gasteiger partial charge in [-0.2, -0.15) is 0 Å². The molecule has 6 N–H and O–H groups in total. The van der Waals surface area contributed by atoms with Crippen LogP contribution < -0.4 is 32.4 Å². The summed E-state index contributed by atoms with van der Waals surface area (Å²) >= 11 is 0. The number of nitrogens with one attached hydrogen (secondary N) is 4. The normalized spacial score (nSPS) is 18.4. The lowest BCUT2D eigenvalue weighted by molar-refractivity contribution is 0.0889. The molecule has 10 nitrogen and oxygen atoms in total. The van der Waals surface area contributed by atoms with Crippen molar-refractivity contribution in [1.82, 2.24) is 20.6 Å². The molecule has 0 unspecified atom stereocenters. The standard InChI is InChI=1S/C20H25N5O5/c1-2-30-14-5-3-4-11(10-14)17(26)22-12-6-8-13(9-7-12)23-19(28)16-15(21)18(27)25-20(29)24-16/h3-5,10,12-13H,2,6-9,21H2,1H3,(H,22,26)(H,23,28)(H2,24,25,27,29)/t12-,13+. The monoisotopic (exact) mass is 415 g/mol. The van der Waals surface area contributed by atoms with Crippen molar-refractivity contribution in [3.63, 3.8) is 0 Å². The minimum Gasteiger partial charge on any atom is -0.494 e. The summed E-state index contributed by atoms with van der Waals surface area (Å²) in [6.07, 6.45) is 2.65. The number of ether oxygens (including phenoxy) is 1. The predicted octanol–water partition coefficient (Wildman–Crippen LogP) is 0.515. The topological polar surface area (TPSA) is 159 Å². The molecule has 0 atom stereocenters. The van der Waals surface area contributed by atoms with E-state index in [0.29, 0.717) is 43.6 Å². The largest absolute Gasteiger partial charge is 0.494 e. The Morgan fingerprint density at radius 3 is 2.33 bits per heavy atom. The first-order valence-corrected chi connectivity index (χ1v) is 9.84. The number of carbonyl (C=O) groups is 2. The van der Waals surface area contributed by atoms with E-state index < -0.39 is 17.2 Å². The van der Waals surface area contributed by atoms with Gasteiger partial charge in [-0.1, -0.05) is 6.07 Å². The highest BCUT2D eigenvalue weighted by Crippen LogP contribution is 2.20. The summed E-state index contributed by atoms with van der Waals surface area (Å²) < 4.78 is 5.42. The summed E-state index contributed by atoms with van der Waals surface area (Å²) in [6.45, 7) is 2.41. The van der Waals surface area contributed by atoms with E-state index in [-0.39, 0.29) is 29.4 Å². The van der Waals surface area contributed by atoms with Gasteiger partial charge in [-0.25, -0.2) is 4.79 Å². The Labute approximate surface area is 172 Å². The van der Waals surface area contributed by atoms with Crippen molar-refractivity contribution in [1.29, 1.82) is 0 Å². The first kappa shape index (κ1) is 21.2. The molecule has 3 rings (SSSR count). The molecule has 10 heteroatoms. The van der Waals surface area contributed by atoms with Gasteiger partial charge in [0.1, 0.15) is 17.1 Å². The van der Waals surface area contributed by atoms with E-state index in [2.05, 4.69) is 15.6 Å². The van der Waals surface area contributed by atoms with Crippen LogP contribution in [0.1, 0.15) is 53.5 Å². The molecule has 1 aliphatic carbocycles. The summed E-state index contributed by atoms with van der Waals surface area (Å²) in [5, 5.41) is 5.80. The maximum atomic E-state index is 12.5. The second-order valence-electron chi connectivity index (χ2n) is 7.15. The summed E-state index contributed by atoms with van der Waals surface area (Å²) in [4.78, 5) is 52.0. The maximum Gasteiger partial charge on any atom is 0.326 e. The summed E-state index contributed by atoms with van der Waals surface area (Å²) in [7, 11) is 0. The molecule has 1 heterocycles. The van der Waals surface area contributed by atoms with Gasteiger partial charge >= 0.3 is 5.69 Å². The first-order valence-electron chi connectivity index (χ1n) is 9.84. The number of benzene rings is 1. The SMILES string of the molecule is CCOc1cccc(C(=O)N[C@H]2CC[C@@H](NC(=O)c3[nH]c(=O)[nH]c(=O)c3N)CC2)c1. The fourth-order valence-corrected chi connectivity index (χ4v) is 3.48. The molecule has 2 amide bonds. The fourth-order valence-electron chi connectivity index (χ4n) is 3.48. The van der Waals surface area contributed by atoms with Gasteiger partial charge < -0.3 is 26.1 Å². The highest BCUT2D eigenvalue weighted by atomic mass is 16.5. The van der Waals surface area contributed by atoms with Crippen molar-refractivity contribution in [2.75, 3.05) is 12.3 Å². The van der Waals surface area contributed by atoms with Crippen LogP contribution in [0.5, 0.6) is 5.75 Å². The van der Waals surface area contributed by atoms with Crippen LogP contribution in [0.15, 0.2) is 33.9 Å². The molecule has 1 saturated carbocycles. The predicted molar refractivity (Wildman–Crippen MR) is 111 cm³/mol. The highest BCUT2D eigenvalue weighted by Gasteiger charge is 2.25. The molecule has 0 saturated heterocycles. The minimum atomic E-state index is -0.802. The molecule has 30 heavy (non-hydrogen) atoms. The van der Waals surface area contributed by atoms with Crippen LogP contribution in [0.25, 0.3) is 0 Å². The van der Waals surface area contributed by atoms with Crippen LogP contribution in [0, 0.1) is 0 Å². The second kappa shape index (κ2) is 9.29. The Morgan fingerprint density at radius 2 is 1.70 bits per heavy atom. The van der Waals surface area contributed by atoms with Gasteiger partial charge in [0.25, 0.3) is 17.4 Å². The van der Waals surface area contributed by atoms with Gasteiger partial charge in [-0.3, -0.25) is 19.4 Å². The van der Waals surface area contributed by atoms with Crippen LogP contribution in [0.2, 0.25) is 0 Å². The van der Waals surface area contributed by atoms with E-state index in [1.165, 1.54) is 0 Å². The number of hydrogen-bond acceptors (Lipinski definition) is 6. The minimum absolute atomic E-state index is 0.00847. The average molecular weight is 415 g/mol. The van der Waals surface area contributed by atoms with Crippen molar-refractivity contribution >= 4 is 17.5 Å². The molecule has 1 aromatic heterocycles. The van der Waals surface area contributed by atoms with Crippen molar-refractivity contribution in [3.8, 4) is 5.75 Å². The van der Waals surface area contributed by atoms with Crippen LogP contribution in [-0.2, 0) is 0 Å². The van der Waals surface area contributed by atoms with Gasteiger partial charge in [0, 0.05) is 17.6 Å². The van der Waals surface area contributed by atoms with Crippen LogP contribution in [-0.4, -0.2) is 40.5 Å². The van der Waals surface area contributed by atoms with E-state index in [0.717, 1.165) is 0 Å². The quantitative estimate of drug-likeness (QED) is 0.462. The van der Waals surface area contributed by atoms with Crippen LogP contribution in [0.3, 0.4) is 0 Å². The van der Waals surface area contributed by atoms with Crippen LogP contribution in [0.4, 0.5) is 5.69 Å². The number of H-pyrrole nitrogens is 2.